The van der Waals surface area contributed by atoms with E-state index in [0.29, 0.717) is 16.7 Å². The lowest BCUT2D eigenvalue weighted by Gasteiger charge is -2.22. The van der Waals surface area contributed by atoms with Gasteiger partial charge in [0.15, 0.2) is 4.75 Å². The Kier molecular flexibility index (Phi) is 6.45. The van der Waals surface area contributed by atoms with Crippen molar-refractivity contribution in [1.82, 2.24) is 4.98 Å². The van der Waals surface area contributed by atoms with E-state index >= 15 is 0 Å². The zero-order chi connectivity index (χ0) is 19.6. The Morgan fingerprint density at radius 3 is 2.54 bits per heavy atom. The van der Waals surface area contributed by atoms with Crippen LogP contribution in [0.1, 0.15) is 40.2 Å². The van der Waals surface area contributed by atoms with Crippen molar-refractivity contribution in [2.24, 2.45) is 5.14 Å². The number of pyridine rings is 1. The normalized spacial score (nSPS) is 14.0. The summed E-state index contributed by atoms with van der Waals surface area (Å²) in [6, 6.07) is 5.58. The van der Waals surface area contributed by atoms with Gasteiger partial charge in [0.2, 0.25) is 5.88 Å². The van der Waals surface area contributed by atoms with E-state index in [4.69, 9.17) is 26.2 Å². The fourth-order valence-electron chi connectivity index (χ4n) is 2.60. The van der Waals surface area contributed by atoms with Crippen LogP contribution in [-0.4, -0.2) is 27.5 Å². The van der Waals surface area contributed by atoms with Gasteiger partial charge < -0.3 is 14.0 Å². The molecule has 142 valence electrons. The Morgan fingerprint density at radius 2 is 2.00 bits per heavy atom. The first-order valence-electron chi connectivity index (χ1n) is 8.26. The number of allylic oxidation sites excluding steroid dienone is 1. The maximum absolute atomic E-state index is 11.7. The molecule has 1 aromatic heterocycles. The van der Waals surface area contributed by atoms with Crippen LogP contribution in [0.3, 0.4) is 0 Å². The zero-order valence-electron chi connectivity index (χ0n) is 15.9. The van der Waals surface area contributed by atoms with Crippen LogP contribution in [0.25, 0.3) is 16.5 Å². The second kappa shape index (κ2) is 8.05. The van der Waals surface area contributed by atoms with Crippen molar-refractivity contribution in [3.05, 3.63) is 34.9 Å². The molecule has 0 fully saturated rings. The summed E-state index contributed by atoms with van der Waals surface area (Å²) in [6.45, 7) is 9.43. The van der Waals surface area contributed by atoms with Crippen LogP contribution >= 0.6 is 11.6 Å². The molecule has 0 saturated heterocycles. The van der Waals surface area contributed by atoms with Gasteiger partial charge in [-0.25, -0.2) is 4.98 Å². The monoisotopic (exact) mass is 396 g/mol. The fourth-order valence-corrected chi connectivity index (χ4v) is 3.11. The predicted molar refractivity (Wildman–Crippen MR) is 109 cm³/mol. The number of aromatic nitrogens is 1. The van der Waals surface area contributed by atoms with Gasteiger partial charge in [-0.3, -0.25) is 0 Å². The molecule has 7 heteroatoms. The van der Waals surface area contributed by atoms with Crippen molar-refractivity contribution in [3.63, 3.8) is 0 Å². The number of nitrogens with zero attached hydrogens (tertiary/aromatic N) is 1. The first-order chi connectivity index (χ1) is 12.0. The van der Waals surface area contributed by atoms with E-state index in [-0.39, 0.29) is 6.10 Å². The van der Waals surface area contributed by atoms with Crippen LogP contribution < -0.4 is 14.6 Å². The number of rotatable bonds is 6. The molecule has 0 amide bonds. The molecule has 0 saturated carbocycles. The van der Waals surface area contributed by atoms with Crippen LogP contribution in [-0.2, 0) is 11.4 Å². The molecule has 0 aliphatic rings. The fraction of sp³-hybridized carbons (Fsp3) is 0.421. The highest BCUT2D eigenvalue weighted by atomic mass is 35.5. The molecule has 0 bridgehead atoms. The summed E-state index contributed by atoms with van der Waals surface area (Å²) >= 11 is 4.85. The maximum Gasteiger partial charge on any atom is 0.221 e. The minimum Gasteiger partial charge on any atom is -0.598 e. The molecule has 2 N–H and O–H groups in total. The predicted octanol–water partition coefficient (Wildman–Crippen LogP) is 4.49. The Bertz CT molecular complexity index is 835. The van der Waals surface area contributed by atoms with Gasteiger partial charge in [-0.2, -0.15) is 5.14 Å². The van der Waals surface area contributed by atoms with E-state index in [1.807, 2.05) is 58.9 Å². The standard InChI is InChI=1S/C19H25ClN2O3S/c1-11(2)25-17-9-16-13(8-15(17)20)7-14(18(22-16)24-6)12(3)10-19(4,5)26(21)23/h7-11H,21H2,1-6H3/t26-/m1/s1. The van der Waals surface area contributed by atoms with Crippen LogP contribution in [0.15, 0.2) is 24.3 Å². The third kappa shape index (κ3) is 4.62. The van der Waals surface area contributed by atoms with E-state index in [1.54, 1.807) is 7.11 Å². The number of hydrogen-bond donors (Lipinski definition) is 1. The Balaban J connectivity index is 2.60. The molecule has 2 rings (SSSR count). The molecule has 0 unspecified atom stereocenters. The summed E-state index contributed by atoms with van der Waals surface area (Å²) in [6.07, 6.45) is 1.88. The SMILES string of the molecule is COc1nc2cc(OC(C)C)c(Cl)cc2cc1C(C)=CC(C)(C)[S@+](N)[O-]. The quantitative estimate of drug-likeness (QED) is 0.727. The molecule has 0 radical (unpaired) electrons. The summed E-state index contributed by atoms with van der Waals surface area (Å²) in [5.74, 6) is 1.06. The van der Waals surface area contributed by atoms with Gasteiger partial charge >= 0.3 is 0 Å². The first-order valence-corrected chi connectivity index (χ1v) is 9.85. The molecule has 1 heterocycles. The van der Waals surface area contributed by atoms with Gasteiger partial charge in [0.1, 0.15) is 5.75 Å². The van der Waals surface area contributed by atoms with E-state index in [9.17, 15) is 4.55 Å². The number of fused-ring (bicyclic) bond motifs is 1. The third-order valence-electron chi connectivity index (χ3n) is 3.90. The smallest absolute Gasteiger partial charge is 0.221 e. The van der Waals surface area contributed by atoms with Crippen molar-refractivity contribution in [3.8, 4) is 11.6 Å². The molecule has 2 aromatic rings. The minimum absolute atomic E-state index is 0.00987. The molecule has 0 aliphatic carbocycles. The first kappa shape index (κ1) is 20.8. The zero-order valence-corrected chi connectivity index (χ0v) is 17.5. The number of nitrogens with two attached hydrogens (primary N) is 1. The Labute approximate surface area is 162 Å². The van der Waals surface area contributed by atoms with Crippen molar-refractivity contribution >= 4 is 39.4 Å². The van der Waals surface area contributed by atoms with E-state index in [2.05, 4.69) is 4.98 Å². The summed E-state index contributed by atoms with van der Waals surface area (Å²) in [5.41, 5.74) is 2.39. The van der Waals surface area contributed by atoms with Gasteiger partial charge in [0.05, 0.1) is 23.8 Å². The van der Waals surface area contributed by atoms with Gasteiger partial charge in [-0.15, -0.1) is 0 Å². The van der Waals surface area contributed by atoms with E-state index < -0.39 is 16.1 Å². The summed E-state index contributed by atoms with van der Waals surface area (Å²) in [7, 11) is 1.57. The Hall–Kier alpha value is -1.47. The molecule has 0 spiro atoms. The molecular weight excluding hydrogens is 372 g/mol. The number of ether oxygens (including phenoxy) is 2. The van der Waals surface area contributed by atoms with Crippen molar-refractivity contribution in [2.75, 3.05) is 7.11 Å². The highest BCUT2D eigenvalue weighted by molar-refractivity contribution is 7.90. The van der Waals surface area contributed by atoms with Gasteiger partial charge in [0.25, 0.3) is 0 Å². The highest BCUT2D eigenvalue weighted by Gasteiger charge is 2.28. The molecule has 26 heavy (non-hydrogen) atoms. The summed E-state index contributed by atoms with van der Waals surface area (Å²) in [4.78, 5) is 4.59. The number of hydrogen-bond acceptors (Lipinski definition) is 5. The second-order valence-electron chi connectivity index (χ2n) is 6.92. The molecular formula is C19H25ClN2O3S. The minimum atomic E-state index is -1.49. The van der Waals surface area contributed by atoms with Gasteiger partial charge in [-0.1, -0.05) is 11.6 Å². The largest absolute Gasteiger partial charge is 0.598 e. The number of benzene rings is 1. The van der Waals surface area contributed by atoms with Gasteiger partial charge in [-0.05, 0) is 58.4 Å². The molecule has 5 nitrogen and oxygen atoms in total. The molecule has 1 atom stereocenters. The van der Waals surface area contributed by atoms with Crippen LogP contribution in [0, 0.1) is 0 Å². The van der Waals surface area contributed by atoms with Crippen molar-refractivity contribution in [1.29, 1.82) is 0 Å². The van der Waals surface area contributed by atoms with Crippen molar-refractivity contribution < 1.29 is 14.0 Å². The lowest BCUT2D eigenvalue weighted by molar-refractivity contribution is 0.243. The van der Waals surface area contributed by atoms with E-state index in [1.165, 1.54) is 0 Å². The number of halogens is 1. The van der Waals surface area contributed by atoms with Crippen molar-refractivity contribution in [2.45, 2.75) is 45.5 Å². The average molecular weight is 397 g/mol. The lowest BCUT2D eigenvalue weighted by Crippen LogP contribution is -2.36. The van der Waals surface area contributed by atoms with Crippen LogP contribution in [0.5, 0.6) is 11.6 Å². The third-order valence-corrected chi connectivity index (χ3v) is 5.35. The average Bonchev–Trinajstić information content (AvgIpc) is 2.53. The topological polar surface area (TPSA) is 80.4 Å². The summed E-state index contributed by atoms with van der Waals surface area (Å²) < 4.78 is 22.3. The number of methoxy groups -OCH3 is 1. The van der Waals surface area contributed by atoms with Gasteiger partial charge in [0, 0.05) is 28.4 Å². The summed E-state index contributed by atoms with van der Waals surface area (Å²) in [5, 5.41) is 6.97. The second-order valence-corrected chi connectivity index (χ2v) is 8.97. The maximum atomic E-state index is 11.7. The van der Waals surface area contributed by atoms with E-state index in [0.717, 1.165) is 22.0 Å². The van der Waals surface area contributed by atoms with Crippen LogP contribution in [0.4, 0.5) is 0 Å². The Morgan fingerprint density at radius 1 is 1.35 bits per heavy atom. The lowest BCUT2D eigenvalue weighted by atomic mass is 10.0. The molecule has 1 aromatic carbocycles. The van der Waals surface area contributed by atoms with Crippen LogP contribution in [0.2, 0.25) is 5.02 Å². The molecule has 0 aliphatic heterocycles. The highest BCUT2D eigenvalue weighted by Crippen LogP contribution is 2.35.